The number of thiazole rings is 1. The molecule has 1 amide bonds. The van der Waals surface area contributed by atoms with Crippen LogP contribution in [-0.2, 0) is 0 Å². The minimum Gasteiger partial charge on any atom is -0.494 e. The summed E-state index contributed by atoms with van der Waals surface area (Å²) in [5.41, 5.74) is 0.659. The first-order valence-electron chi connectivity index (χ1n) is 7.95. The molecule has 1 aromatic carbocycles. The lowest BCUT2D eigenvalue weighted by Crippen LogP contribution is -2.40. The Balaban J connectivity index is 1.56. The molecule has 1 aliphatic rings. The van der Waals surface area contributed by atoms with Gasteiger partial charge in [-0.2, -0.15) is 0 Å². The van der Waals surface area contributed by atoms with Crippen LogP contribution in [0.1, 0.15) is 30.1 Å². The quantitative estimate of drug-likeness (QED) is 0.884. The van der Waals surface area contributed by atoms with Crippen molar-refractivity contribution in [1.82, 2.24) is 10.3 Å². The SMILES string of the molecule is CCOc1ccc(C(=O)NCC2CCCN2c2nccs2)cc1. The van der Waals surface area contributed by atoms with Crippen molar-refractivity contribution in [2.75, 3.05) is 24.6 Å². The van der Waals surface area contributed by atoms with E-state index in [0.717, 1.165) is 30.3 Å². The van der Waals surface area contributed by atoms with Crippen molar-refractivity contribution in [1.29, 1.82) is 0 Å². The van der Waals surface area contributed by atoms with Crippen LogP contribution in [-0.4, -0.2) is 36.6 Å². The summed E-state index contributed by atoms with van der Waals surface area (Å²) < 4.78 is 5.39. The van der Waals surface area contributed by atoms with E-state index < -0.39 is 0 Å². The van der Waals surface area contributed by atoms with Gasteiger partial charge in [0.15, 0.2) is 5.13 Å². The summed E-state index contributed by atoms with van der Waals surface area (Å²) in [5, 5.41) is 6.07. The van der Waals surface area contributed by atoms with E-state index in [1.807, 2.05) is 30.6 Å². The Morgan fingerprint density at radius 1 is 1.43 bits per heavy atom. The Morgan fingerprint density at radius 2 is 2.26 bits per heavy atom. The molecule has 1 unspecified atom stereocenters. The fraction of sp³-hybridized carbons (Fsp3) is 0.412. The van der Waals surface area contributed by atoms with E-state index in [2.05, 4.69) is 15.2 Å². The van der Waals surface area contributed by atoms with E-state index >= 15 is 0 Å². The molecule has 2 heterocycles. The zero-order chi connectivity index (χ0) is 16.1. The average molecular weight is 331 g/mol. The lowest BCUT2D eigenvalue weighted by Gasteiger charge is -2.24. The van der Waals surface area contributed by atoms with E-state index in [1.54, 1.807) is 23.5 Å². The lowest BCUT2D eigenvalue weighted by molar-refractivity contribution is 0.0951. The molecule has 1 atom stereocenters. The second kappa shape index (κ2) is 7.46. The normalized spacial score (nSPS) is 17.3. The Labute approximate surface area is 140 Å². The maximum atomic E-state index is 12.3. The summed E-state index contributed by atoms with van der Waals surface area (Å²) >= 11 is 1.65. The molecular formula is C17H21N3O2S. The molecule has 0 spiro atoms. The first kappa shape index (κ1) is 15.8. The van der Waals surface area contributed by atoms with Gasteiger partial charge in [-0.05, 0) is 44.0 Å². The number of carbonyl (C=O) groups excluding carboxylic acids is 1. The van der Waals surface area contributed by atoms with Crippen LogP contribution in [0.15, 0.2) is 35.8 Å². The van der Waals surface area contributed by atoms with Crippen molar-refractivity contribution in [3.05, 3.63) is 41.4 Å². The molecule has 1 fully saturated rings. The summed E-state index contributed by atoms with van der Waals surface area (Å²) in [6.07, 6.45) is 4.06. The number of benzene rings is 1. The molecule has 6 heteroatoms. The minimum absolute atomic E-state index is 0.0426. The van der Waals surface area contributed by atoms with Crippen LogP contribution in [0.4, 0.5) is 5.13 Å². The summed E-state index contributed by atoms with van der Waals surface area (Å²) in [4.78, 5) is 19.0. The van der Waals surface area contributed by atoms with Crippen LogP contribution in [0.5, 0.6) is 5.75 Å². The largest absolute Gasteiger partial charge is 0.494 e. The van der Waals surface area contributed by atoms with E-state index in [0.29, 0.717) is 24.8 Å². The number of nitrogens with one attached hydrogen (secondary N) is 1. The van der Waals surface area contributed by atoms with Crippen LogP contribution in [0, 0.1) is 0 Å². The van der Waals surface area contributed by atoms with Crippen molar-refractivity contribution in [2.24, 2.45) is 0 Å². The van der Waals surface area contributed by atoms with Gasteiger partial charge in [-0.25, -0.2) is 4.98 Å². The summed E-state index contributed by atoms with van der Waals surface area (Å²) in [6, 6.07) is 7.58. The standard InChI is InChI=1S/C17H21N3O2S/c1-2-22-15-7-5-13(6-8-15)16(21)19-12-14-4-3-10-20(14)17-18-9-11-23-17/h5-9,11,14H,2-4,10,12H2,1H3,(H,19,21). The summed E-state index contributed by atoms with van der Waals surface area (Å²) in [5.74, 6) is 0.744. The molecule has 1 aliphatic heterocycles. The van der Waals surface area contributed by atoms with Gasteiger partial charge in [0.05, 0.1) is 6.61 Å². The van der Waals surface area contributed by atoms with Crippen LogP contribution in [0.25, 0.3) is 0 Å². The second-order valence-corrected chi connectivity index (χ2v) is 6.34. The highest BCUT2D eigenvalue weighted by atomic mass is 32.1. The lowest BCUT2D eigenvalue weighted by atomic mass is 10.2. The van der Waals surface area contributed by atoms with Gasteiger partial charge in [-0.15, -0.1) is 11.3 Å². The Kier molecular flexibility index (Phi) is 5.12. The molecule has 1 saturated heterocycles. The monoisotopic (exact) mass is 331 g/mol. The molecule has 23 heavy (non-hydrogen) atoms. The first-order chi connectivity index (χ1) is 11.3. The van der Waals surface area contributed by atoms with E-state index in [1.165, 1.54) is 0 Å². The number of anilines is 1. The van der Waals surface area contributed by atoms with Crippen molar-refractivity contribution in [3.63, 3.8) is 0 Å². The number of nitrogens with zero attached hydrogens (tertiary/aromatic N) is 2. The molecule has 1 N–H and O–H groups in total. The fourth-order valence-corrected chi connectivity index (χ4v) is 3.58. The topological polar surface area (TPSA) is 54.5 Å². The van der Waals surface area contributed by atoms with Gasteiger partial charge in [-0.1, -0.05) is 0 Å². The third kappa shape index (κ3) is 3.82. The maximum absolute atomic E-state index is 12.3. The van der Waals surface area contributed by atoms with Gasteiger partial charge in [0.25, 0.3) is 5.91 Å². The molecule has 0 aliphatic carbocycles. The molecule has 0 radical (unpaired) electrons. The molecule has 5 nitrogen and oxygen atoms in total. The van der Waals surface area contributed by atoms with Gasteiger partial charge in [0, 0.05) is 36.3 Å². The highest BCUT2D eigenvalue weighted by molar-refractivity contribution is 7.13. The minimum atomic E-state index is -0.0426. The van der Waals surface area contributed by atoms with E-state index in [-0.39, 0.29) is 5.91 Å². The molecule has 2 aromatic rings. The number of hydrogen-bond donors (Lipinski definition) is 1. The fourth-order valence-electron chi connectivity index (χ4n) is 2.84. The molecular weight excluding hydrogens is 310 g/mol. The summed E-state index contributed by atoms with van der Waals surface area (Å²) in [7, 11) is 0. The highest BCUT2D eigenvalue weighted by Crippen LogP contribution is 2.26. The average Bonchev–Trinajstić information content (AvgIpc) is 3.24. The number of hydrogen-bond acceptors (Lipinski definition) is 5. The predicted octanol–water partition coefficient (Wildman–Crippen LogP) is 2.94. The number of amides is 1. The van der Waals surface area contributed by atoms with Gasteiger partial charge in [-0.3, -0.25) is 4.79 Å². The molecule has 3 rings (SSSR count). The third-order valence-corrected chi connectivity index (χ3v) is 4.78. The maximum Gasteiger partial charge on any atom is 0.251 e. The molecule has 0 saturated carbocycles. The zero-order valence-electron chi connectivity index (χ0n) is 13.2. The molecule has 0 bridgehead atoms. The van der Waals surface area contributed by atoms with Crippen LogP contribution in [0.3, 0.4) is 0 Å². The zero-order valence-corrected chi connectivity index (χ0v) is 14.0. The number of carbonyl (C=O) groups is 1. The van der Waals surface area contributed by atoms with Crippen molar-refractivity contribution in [2.45, 2.75) is 25.8 Å². The van der Waals surface area contributed by atoms with Gasteiger partial charge < -0.3 is 15.0 Å². The Bertz CT molecular complexity index is 628. The van der Waals surface area contributed by atoms with Gasteiger partial charge >= 0.3 is 0 Å². The van der Waals surface area contributed by atoms with E-state index in [4.69, 9.17) is 4.74 Å². The van der Waals surface area contributed by atoms with Gasteiger partial charge in [0.2, 0.25) is 0 Å². The first-order valence-corrected chi connectivity index (χ1v) is 8.83. The summed E-state index contributed by atoms with van der Waals surface area (Å²) in [6.45, 7) is 4.22. The van der Waals surface area contributed by atoms with Crippen LogP contribution in [0.2, 0.25) is 0 Å². The van der Waals surface area contributed by atoms with Crippen LogP contribution < -0.4 is 15.0 Å². The van der Waals surface area contributed by atoms with Gasteiger partial charge in [0.1, 0.15) is 5.75 Å². The van der Waals surface area contributed by atoms with Crippen molar-refractivity contribution < 1.29 is 9.53 Å². The third-order valence-electron chi connectivity index (χ3n) is 3.97. The van der Waals surface area contributed by atoms with Crippen molar-refractivity contribution in [3.8, 4) is 5.75 Å². The number of rotatable bonds is 6. The Morgan fingerprint density at radius 3 is 2.96 bits per heavy atom. The van der Waals surface area contributed by atoms with Crippen molar-refractivity contribution >= 4 is 22.4 Å². The smallest absolute Gasteiger partial charge is 0.251 e. The number of aromatic nitrogens is 1. The predicted molar refractivity (Wildman–Crippen MR) is 92.4 cm³/mol. The van der Waals surface area contributed by atoms with Crippen LogP contribution >= 0.6 is 11.3 Å². The second-order valence-electron chi connectivity index (χ2n) is 5.47. The highest BCUT2D eigenvalue weighted by Gasteiger charge is 2.26. The molecule has 1 aromatic heterocycles. The van der Waals surface area contributed by atoms with E-state index in [9.17, 15) is 4.79 Å². The molecule has 122 valence electrons. The Hall–Kier alpha value is -2.08. The number of ether oxygens (including phenoxy) is 1.